The van der Waals surface area contributed by atoms with Crippen molar-refractivity contribution in [1.82, 2.24) is 5.32 Å². The molecular formula is C9H17NO. The third-order valence-corrected chi connectivity index (χ3v) is 3.64. The van der Waals surface area contributed by atoms with Crippen LogP contribution < -0.4 is 5.32 Å². The Bertz CT molecular complexity index is 163. The lowest BCUT2D eigenvalue weighted by Crippen LogP contribution is -2.45. The molecule has 2 fully saturated rings. The molecule has 64 valence electrons. The third kappa shape index (κ3) is 0.926. The van der Waals surface area contributed by atoms with Crippen LogP contribution in [0.25, 0.3) is 0 Å². The van der Waals surface area contributed by atoms with Gasteiger partial charge in [-0.2, -0.15) is 0 Å². The smallest absolute Gasteiger partial charge is 0.0660 e. The third-order valence-electron chi connectivity index (χ3n) is 3.64. The van der Waals surface area contributed by atoms with E-state index in [2.05, 4.69) is 5.32 Å². The van der Waals surface area contributed by atoms with Gasteiger partial charge in [0.1, 0.15) is 0 Å². The molecule has 0 amide bonds. The molecule has 0 aromatic rings. The average molecular weight is 155 g/mol. The van der Waals surface area contributed by atoms with Crippen LogP contribution in [-0.2, 0) is 0 Å². The van der Waals surface area contributed by atoms with E-state index >= 15 is 0 Å². The van der Waals surface area contributed by atoms with Crippen molar-refractivity contribution in [3.8, 4) is 0 Å². The van der Waals surface area contributed by atoms with Gasteiger partial charge in [-0.05, 0) is 33.1 Å². The van der Waals surface area contributed by atoms with Gasteiger partial charge in [-0.15, -0.1) is 0 Å². The van der Waals surface area contributed by atoms with Crippen LogP contribution >= 0.6 is 0 Å². The van der Waals surface area contributed by atoms with Crippen LogP contribution in [0.4, 0.5) is 0 Å². The van der Waals surface area contributed by atoms with E-state index in [4.69, 9.17) is 0 Å². The molecule has 0 spiro atoms. The Labute approximate surface area is 68.0 Å². The largest absolute Gasteiger partial charge is 0.390 e. The maximum absolute atomic E-state index is 9.95. The fourth-order valence-electron chi connectivity index (χ4n) is 2.57. The summed E-state index contributed by atoms with van der Waals surface area (Å²) >= 11 is 0. The molecule has 2 heteroatoms. The molecule has 2 nitrogen and oxygen atoms in total. The number of aliphatic hydroxyl groups is 1. The molecule has 1 saturated carbocycles. The predicted molar refractivity (Wildman–Crippen MR) is 44.4 cm³/mol. The second-order valence-electron chi connectivity index (χ2n) is 4.66. The van der Waals surface area contributed by atoms with Gasteiger partial charge in [-0.25, -0.2) is 0 Å². The summed E-state index contributed by atoms with van der Waals surface area (Å²) in [5.74, 6) is 0. The number of hydrogen-bond donors (Lipinski definition) is 2. The minimum atomic E-state index is -0.495. The fraction of sp³-hybridized carbons (Fsp3) is 1.00. The van der Waals surface area contributed by atoms with Crippen molar-refractivity contribution in [3.05, 3.63) is 0 Å². The summed E-state index contributed by atoms with van der Waals surface area (Å²) in [4.78, 5) is 0. The second kappa shape index (κ2) is 1.99. The van der Waals surface area contributed by atoms with Crippen molar-refractivity contribution >= 4 is 0 Å². The molecule has 1 saturated heterocycles. The Balaban J connectivity index is 2.23. The molecule has 2 atom stereocenters. The van der Waals surface area contributed by atoms with E-state index in [9.17, 15) is 5.11 Å². The van der Waals surface area contributed by atoms with Crippen LogP contribution in [0.2, 0.25) is 0 Å². The molecule has 1 heterocycles. The van der Waals surface area contributed by atoms with Gasteiger partial charge < -0.3 is 10.4 Å². The van der Waals surface area contributed by atoms with Crippen LogP contribution in [0.15, 0.2) is 0 Å². The van der Waals surface area contributed by atoms with E-state index in [1.807, 2.05) is 13.8 Å². The molecule has 11 heavy (non-hydrogen) atoms. The zero-order valence-corrected chi connectivity index (χ0v) is 7.35. The Hall–Kier alpha value is -0.0800. The van der Waals surface area contributed by atoms with Crippen molar-refractivity contribution in [2.45, 2.75) is 44.8 Å². The maximum Gasteiger partial charge on any atom is 0.0660 e. The molecule has 2 bridgehead atoms. The molecule has 1 aliphatic carbocycles. The van der Waals surface area contributed by atoms with Crippen molar-refractivity contribution in [2.24, 2.45) is 5.41 Å². The zero-order valence-electron chi connectivity index (χ0n) is 7.35. The van der Waals surface area contributed by atoms with Gasteiger partial charge in [0.05, 0.1) is 5.60 Å². The number of nitrogens with one attached hydrogen (secondary N) is 1. The van der Waals surface area contributed by atoms with Gasteiger partial charge in [-0.3, -0.25) is 0 Å². The van der Waals surface area contributed by atoms with Gasteiger partial charge in [0, 0.05) is 18.0 Å². The Morgan fingerprint density at radius 3 is 2.45 bits per heavy atom. The lowest BCUT2D eigenvalue weighted by molar-refractivity contribution is -0.0428. The van der Waals surface area contributed by atoms with Gasteiger partial charge >= 0.3 is 0 Å². The number of piperidine rings is 1. The van der Waals surface area contributed by atoms with Crippen LogP contribution in [-0.4, -0.2) is 23.3 Å². The SMILES string of the molecule is CC(C)(O)C12CCC(C1)NC2. The molecule has 0 aromatic carbocycles. The van der Waals surface area contributed by atoms with E-state index in [1.54, 1.807) is 0 Å². The van der Waals surface area contributed by atoms with Crippen LogP contribution in [0, 0.1) is 5.41 Å². The first-order valence-corrected chi connectivity index (χ1v) is 4.49. The van der Waals surface area contributed by atoms with Crippen LogP contribution in [0.5, 0.6) is 0 Å². The predicted octanol–water partition coefficient (Wildman–Crippen LogP) is 0.899. The van der Waals surface area contributed by atoms with Crippen LogP contribution in [0.3, 0.4) is 0 Å². The molecule has 0 radical (unpaired) electrons. The topological polar surface area (TPSA) is 32.3 Å². The van der Waals surface area contributed by atoms with Crippen molar-refractivity contribution in [1.29, 1.82) is 0 Å². The highest BCUT2D eigenvalue weighted by molar-refractivity contribution is 5.07. The van der Waals surface area contributed by atoms with Crippen molar-refractivity contribution in [3.63, 3.8) is 0 Å². The minimum absolute atomic E-state index is 0.192. The summed E-state index contributed by atoms with van der Waals surface area (Å²) in [5.41, 5.74) is -0.303. The normalized spacial score (nSPS) is 43.4. The minimum Gasteiger partial charge on any atom is -0.390 e. The molecule has 1 aliphatic heterocycles. The van der Waals surface area contributed by atoms with Gasteiger partial charge in [0.25, 0.3) is 0 Å². The quantitative estimate of drug-likeness (QED) is 0.589. The second-order valence-corrected chi connectivity index (χ2v) is 4.66. The standard InChI is InChI=1S/C9H17NO/c1-8(2,11)9-4-3-7(5-9)10-6-9/h7,10-11H,3-6H2,1-2H3. The Morgan fingerprint density at radius 2 is 2.27 bits per heavy atom. The lowest BCUT2D eigenvalue weighted by Gasteiger charge is -2.38. The van der Waals surface area contributed by atoms with E-state index in [1.165, 1.54) is 19.3 Å². The fourth-order valence-corrected chi connectivity index (χ4v) is 2.57. The molecule has 2 rings (SSSR count). The van der Waals surface area contributed by atoms with Gasteiger partial charge in [0.15, 0.2) is 0 Å². The van der Waals surface area contributed by atoms with Crippen molar-refractivity contribution in [2.75, 3.05) is 6.54 Å². The number of rotatable bonds is 1. The van der Waals surface area contributed by atoms with Crippen molar-refractivity contribution < 1.29 is 5.11 Å². The molecule has 2 unspecified atom stereocenters. The summed E-state index contributed by atoms with van der Waals surface area (Å²) in [5, 5.41) is 13.4. The van der Waals surface area contributed by atoms with Gasteiger partial charge in [-0.1, -0.05) is 0 Å². The summed E-state index contributed by atoms with van der Waals surface area (Å²) in [6.07, 6.45) is 3.63. The summed E-state index contributed by atoms with van der Waals surface area (Å²) in [6, 6.07) is 0.696. The van der Waals surface area contributed by atoms with Gasteiger partial charge in [0.2, 0.25) is 0 Å². The molecular weight excluding hydrogens is 138 g/mol. The highest BCUT2D eigenvalue weighted by Gasteiger charge is 2.52. The van der Waals surface area contributed by atoms with E-state index < -0.39 is 5.60 Å². The summed E-state index contributed by atoms with van der Waals surface area (Å²) in [7, 11) is 0. The summed E-state index contributed by atoms with van der Waals surface area (Å²) in [6.45, 7) is 4.91. The average Bonchev–Trinajstić information content (AvgIpc) is 2.42. The first kappa shape index (κ1) is 7.56. The Morgan fingerprint density at radius 1 is 1.55 bits per heavy atom. The highest BCUT2D eigenvalue weighted by Crippen LogP contribution is 2.49. The molecule has 2 aliphatic rings. The van der Waals surface area contributed by atoms with E-state index in [0.29, 0.717) is 6.04 Å². The zero-order chi connectivity index (χ0) is 8.11. The number of fused-ring (bicyclic) bond motifs is 2. The Kier molecular flexibility index (Phi) is 1.37. The monoisotopic (exact) mass is 155 g/mol. The first-order chi connectivity index (χ1) is 5.04. The van der Waals surface area contributed by atoms with E-state index in [0.717, 1.165) is 6.54 Å². The lowest BCUT2D eigenvalue weighted by atomic mass is 9.73. The first-order valence-electron chi connectivity index (χ1n) is 4.49. The van der Waals surface area contributed by atoms with Crippen LogP contribution in [0.1, 0.15) is 33.1 Å². The highest BCUT2D eigenvalue weighted by atomic mass is 16.3. The number of hydrogen-bond acceptors (Lipinski definition) is 2. The summed E-state index contributed by atoms with van der Waals surface area (Å²) < 4.78 is 0. The molecule has 0 aromatic heterocycles. The molecule has 2 N–H and O–H groups in total. The van der Waals surface area contributed by atoms with E-state index in [-0.39, 0.29) is 5.41 Å². The maximum atomic E-state index is 9.95.